The monoisotopic (exact) mass is 660 g/mol. The van der Waals surface area contributed by atoms with Crippen LogP contribution in [0.5, 0.6) is 5.75 Å². The van der Waals surface area contributed by atoms with E-state index in [1.54, 1.807) is 5.10 Å². The zero-order chi connectivity index (χ0) is 34.0. The summed E-state index contributed by atoms with van der Waals surface area (Å²) in [6, 6.07) is 2.39. The van der Waals surface area contributed by atoms with Crippen LogP contribution in [0, 0.1) is 5.82 Å². The van der Waals surface area contributed by atoms with Crippen LogP contribution in [0.1, 0.15) is 31.7 Å². The van der Waals surface area contributed by atoms with Crippen LogP contribution >= 0.6 is 0 Å². The molecule has 0 spiro atoms. The van der Waals surface area contributed by atoms with Gasteiger partial charge in [0.05, 0.1) is 61.1 Å². The number of benzene rings is 1. The number of unbranched alkanes of at least 4 members (excludes halogenated alkanes) is 2. The van der Waals surface area contributed by atoms with Gasteiger partial charge in [-0.2, -0.15) is 31.4 Å². The van der Waals surface area contributed by atoms with Gasteiger partial charge in [-0.3, -0.25) is 14.2 Å². The topological polar surface area (TPSA) is 165 Å². The van der Waals surface area contributed by atoms with Crippen LogP contribution in [0.2, 0.25) is 0 Å². The predicted molar refractivity (Wildman–Crippen MR) is 151 cm³/mol. The van der Waals surface area contributed by atoms with E-state index in [9.17, 15) is 41.0 Å². The lowest BCUT2D eigenvalue weighted by Crippen LogP contribution is -2.69. The summed E-state index contributed by atoms with van der Waals surface area (Å²) in [7, 11) is 1.30. The molecule has 4 aromatic rings. The Morgan fingerprint density at radius 1 is 1.09 bits per heavy atom. The van der Waals surface area contributed by atoms with Crippen LogP contribution < -0.4 is 26.5 Å². The lowest BCUT2D eigenvalue weighted by atomic mass is 9.93. The molecule has 0 aliphatic carbocycles. The Morgan fingerprint density at radius 3 is 2.35 bits per heavy atom. The van der Waals surface area contributed by atoms with Gasteiger partial charge in [0.15, 0.2) is 23.0 Å². The minimum Gasteiger partial charge on any atom is -0.491 e. The molecule has 0 unspecified atom stereocenters. The number of rotatable bonds is 7. The van der Waals surface area contributed by atoms with Crippen LogP contribution in [0.3, 0.4) is 0 Å². The third-order valence-electron chi connectivity index (χ3n) is 7.01. The van der Waals surface area contributed by atoms with E-state index in [0.717, 1.165) is 31.5 Å². The van der Waals surface area contributed by atoms with E-state index < -0.39 is 53.7 Å². The highest BCUT2D eigenvalue weighted by Crippen LogP contribution is 2.42. The van der Waals surface area contributed by atoms with E-state index in [1.807, 2.05) is 6.92 Å². The molecule has 0 bridgehead atoms. The number of fused-ring (bicyclic) bond motifs is 1. The molecular formula is C27H27F7N8O4. The van der Waals surface area contributed by atoms with E-state index in [1.165, 1.54) is 35.2 Å². The molecule has 3 aromatic heterocycles. The van der Waals surface area contributed by atoms with E-state index in [2.05, 4.69) is 20.1 Å². The van der Waals surface area contributed by atoms with Crippen molar-refractivity contribution in [1.29, 1.82) is 0 Å². The number of halogens is 7. The standard InChI is InChI=1S/C22H23F4N5O3.C5H4F3N3O/c1-3-4-5-6-30-12-28-16-8-13(15(23)7-14(16)20(30)32)18-27-9-17(34-2)19(29-18)31-10-21(33,11-31)22(24,25)26;6-5(7,8)3-2(9)1-10-11-4(3)12/h7-9,12,33H,3-6,10-11H2,1-2H3;1H,(H3,9,11,12). The van der Waals surface area contributed by atoms with Crippen molar-refractivity contribution in [3.63, 3.8) is 0 Å². The van der Waals surface area contributed by atoms with Gasteiger partial charge >= 0.3 is 12.4 Å². The molecule has 0 amide bonds. The number of aryl methyl sites for hydroxylation is 1. The lowest BCUT2D eigenvalue weighted by Gasteiger charge is -2.47. The van der Waals surface area contributed by atoms with E-state index in [0.29, 0.717) is 6.54 Å². The Balaban J connectivity index is 0.000000337. The molecule has 4 N–H and O–H groups in total. The maximum Gasteiger partial charge on any atom is 0.423 e. The quantitative estimate of drug-likeness (QED) is 0.197. The van der Waals surface area contributed by atoms with Gasteiger partial charge in [-0.1, -0.05) is 19.8 Å². The van der Waals surface area contributed by atoms with Gasteiger partial charge in [0, 0.05) is 6.54 Å². The first-order valence-corrected chi connectivity index (χ1v) is 13.5. The van der Waals surface area contributed by atoms with E-state index >= 15 is 4.39 Å². The third-order valence-corrected chi connectivity index (χ3v) is 7.01. The molecule has 0 saturated carbocycles. The Hall–Kier alpha value is -4.81. The minimum absolute atomic E-state index is 0.0137. The summed E-state index contributed by atoms with van der Waals surface area (Å²) in [6.45, 7) is 1.03. The second kappa shape index (κ2) is 12.9. The highest BCUT2D eigenvalue weighted by atomic mass is 19.4. The molecular weight excluding hydrogens is 633 g/mol. The van der Waals surface area contributed by atoms with Crippen molar-refractivity contribution in [2.75, 3.05) is 30.8 Å². The van der Waals surface area contributed by atoms with Gasteiger partial charge in [-0.15, -0.1) is 0 Å². The number of aromatic nitrogens is 6. The van der Waals surface area contributed by atoms with Crippen molar-refractivity contribution in [3.05, 3.63) is 62.9 Å². The number of alkyl halides is 6. The molecule has 12 nitrogen and oxygen atoms in total. The number of ether oxygens (including phenoxy) is 1. The fourth-order valence-corrected chi connectivity index (χ4v) is 4.52. The Labute approximate surface area is 254 Å². The molecule has 46 heavy (non-hydrogen) atoms. The Bertz CT molecular complexity index is 1840. The van der Waals surface area contributed by atoms with Crippen LogP contribution in [0.25, 0.3) is 22.3 Å². The number of nitrogens with zero attached hydrogens (tertiary/aromatic N) is 6. The van der Waals surface area contributed by atoms with Gasteiger partial charge in [-0.25, -0.2) is 24.4 Å². The summed E-state index contributed by atoms with van der Waals surface area (Å²) in [5.74, 6) is -0.835. The molecule has 1 fully saturated rings. The highest BCUT2D eigenvalue weighted by Gasteiger charge is 2.61. The summed E-state index contributed by atoms with van der Waals surface area (Å²) in [4.78, 5) is 37.0. The zero-order valence-corrected chi connectivity index (χ0v) is 24.2. The summed E-state index contributed by atoms with van der Waals surface area (Å²) >= 11 is 0. The number of nitrogens with two attached hydrogens (primary N) is 1. The van der Waals surface area contributed by atoms with Crippen molar-refractivity contribution in [3.8, 4) is 17.1 Å². The lowest BCUT2D eigenvalue weighted by molar-refractivity contribution is -0.267. The number of β-amino-alcohol motifs (C(OH)–C–C–N with tert-alkyl or cyclic N) is 1. The number of hydrogen-bond acceptors (Lipinski definition) is 10. The second-order valence-electron chi connectivity index (χ2n) is 10.3. The smallest absolute Gasteiger partial charge is 0.423 e. The van der Waals surface area contributed by atoms with E-state index in [-0.39, 0.29) is 39.4 Å². The van der Waals surface area contributed by atoms with Gasteiger partial charge < -0.3 is 20.5 Å². The number of hydrogen-bond donors (Lipinski definition) is 3. The SMILES string of the molecule is CCCCCn1cnc2cc(-c3ncc(OC)c(N4CC(O)(C(F)(F)F)C4)n3)c(F)cc2c1=O.Nc1cn[nH]c(=O)c1C(F)(F)F. The average Bonchev–Trinajstić information content (AvgIpc) is 2.95. The molecule has 1 aliphatic heterocycles. The first kappa shape index (κ1) is 34.1. The first-order valence-electron chi connectivity index (χ1n) is 13.5. The maximum atomic E-state index is 15.0. The number of H-pyrrole nitrogens is 1. The summed E-state index contributed by atoms with van der Waals surface area (Å²) in [5.41, 5.74) is -1.56. The molecule has 0 radical (unpaired) electrons. The van der Waals surface area contributed by atoms with Crippen molar-refractivity contribution < 1.29 is 40.6 Å². The van der Waals surface area contributed by atoms with Crippen molar-refractivity contribution in [2.24, 2.45) is 0 Å². The van der Waals surface area contributed by atoms with Crippen LogP contribution in [0.4, 0.5) is 42.2 Å². The van der Waals surface area contributed by atoms with Crippen molar-refractivity contribution in [2.45, 2.75) is 50.7 Å². The summed E-state index contributed by atoms with van der Waals surface area (Å²) in [5, 5.41) is 14.6. The average molecular weight is 661 g/mol. The summed E-state index contributed by atoms with van der Waals surface area (Å²) in [6.07, 6.45) is -3.44. The number of aromatic amines is 1. The van der Waals surface area contributed by atoms with Crippen LogP contribution in [-0.2, 0) is 12.7 Å². The van der Waals surface area contributed by atoms with Gasteiger partial charge in [0.2, 0.25) is 0 Å². The molecule has 1 aliphatic rings. The molecule has 0 atom stereocenters. The summed E-state index contributed by atoms with van der Waals surface area (Å²) < 4.78 is 96.6. The maximum absolute atomic E-state index is 15.0. The fraction of sp³-hybridized carbons (Fsp3) is 0.407. The van der Waals surface area contributed by atoms with Gasteiger partial charge in [0.25, 0.3) is 11.1 Å². The minimum atomic E-state index is -4.80. The molecule has 5 rings (SSSR count). The first-order chi connectivity index (χ1) is 21.5. The van der Waals surface area contributed by atoms with Crippen molar-refractivity contribution in [1.82, 2.24) is 29.7 Å². The number of methoxy groups -OCH3 is 1. The van der Waals surface area contributed by atoms with Crippen LogP contribution in [-0.4, -0.2) is 66.8 Å². The van der Waals surface area contributed by atoms with Gasteiger partial charge in [0.1, 0.15) is 11.4 Å². The molecule has 248 valence electrons. The highest BCUT2D eigenvalue weighted by molar-refractivity contribution is 5.83. The molecule has 1 aromatic carbocycles. The van der Waals surface area contributed by atoms with Crippen LogP contribution in [0.15, 0.2) is 40.4 Å². The van der Waals surface area contributed by atoms with E-state index in [4.69, 9.17) is 10.5 Å². The zero-order valence-electron chi connectivity index (χ0n) is 24.2. The Kier molecular flexibility index (Phi) is 9.55. The second-order valence-corrected chi connectivity index (χ2v) is 10.3. The fourth-order valence-electron chi connectivity index (χ4n) is 4.52. The number of anilines is 2. The number of aliphatic hydroxyl groups is 1. The molecule has 1 saturated heterocycles. The normalized spacial score (nSPS) is 14.4. The number of nitrogen functional groups attached to an aromatic ring is 1. The molecule has 4 heterocycles. The van der Waals surface area contributed by atoms with Gasteiger partial charge in [-0.05, 0) is 18.6 Å². The van der Waals surface area contributed by atoms with Crippen molar-refractivity contribution >= 4 is 22.4 Å². The third kappa shape index (κ3) is 6.87. The Morgan fingerprint density at radius 2 is 1.78 bits per heavy atom. The largest absolute Gasteiger partial charge is 0.491 e. The molecule has 19 heteroatoms. The number of nitrogens with one attached hydrogen (secondary N) is 1. The predicted octanol–water partition coefficient (Wildman–Crippen LogP) is 3.68.